The van der Waals surface area contributed by atoms with E-state index < -0.39 is 12.0 Å². The Kier molecular flexibility index (Phi) is 4.33. The Morgan fingerprint density at radius 2 is 1.88 bits per heavy atom. The topological polar surface area (TPSA) is 88.3 Å². The van der Waals surface area contributed by atoms with Crippen LogP contribution in [0.5, 0.6) is 0 Å². The summed E-state index contributed by atoms with van der Waals surface area (Å²) in [5, 5.41) is 17.5. The van der Waals surface area contributed by atoms with Gasteiger partial charge in [-0.1, -0.05) is 31.2 Å². The number of hydrogen-bond donors (Lipinski definition) is 1. The molecular weight excluding hydrogens is 308 g/mol. The quantitative estimate of drug-likeness (QED) is 0.911. The number of fused-ring (bicyclic) bond motifs is 1. The van der Waals surface area contributed by atoms with Gasteiger partial charge in [-0.05, 0) is 24.5 Å². The first-order chi connectivity index (χ1) is 11.5. The zero-order chi connectivity index (χ0) is 17.3. The van der Waals surface area contributed by atoms with Gasteiger partial charge in [0.25, 0.3) is 0 Å². The minimum Gasteiger partial charge on any atom is -0.480 e. The number of amides is 1. The Hall–Kier alpha value is -2.70. The molecule has 1 N–H and O–H groups in total. The van der Waals surface area contributed by atoms with Gasteiger partial charge in [0.2, 0.25) is 5.91 Å². The van der Waals surface area contributed by atoms with E-state index in [-0.39, 0.29) is 25.4 Å². The largest absolute Gasteiger partial charge is 0.480 e. The van der Waals surface area contributed by atoms with Crippen molar-refractivity contribution < 1.29 is 14.7 Å². The Morgan fingerprint density at radius 3 is 2.50 bits per heavy atom. The second kappa shape index (κ2) is 6.43. The fourth-order valence-electron chi connectivity index (χ4n) is 2.96. The number of aliphatic carboxylic acids is 1. The van der Waals surface area contributed by atoms with Crippen LogP contribution in [0, 0.1) is 6.92 Å². The minimum absolute atomic E-state index is 0.170. The number of aromatic nitrogens is 3. The third kappa shape index (κ3) is 3.02. The predicted molar refractivity (Wildman–Crippen MR) is 86.3 cm³/mol. The molecule has 1 aromatic carbocycles. The third-order valence-electron chi connectivity index (χ3n) is 4.45. The summed E-state index contributed by atoms with van der Waals surface area (Å²) in [6.07, 6.45) is 1.12. The van der Waals surface area contributed by atoms with E-state index in [2.05, 4.69) is 17.1 Å². The molecule has 1 aliphatic heterocycles. The lowest BCUT2D eigenvalue weighted by molar-refractivity contribution is -0.152. The SMILES string of the molecule is CCc1ccc(CC(=O)N2Cc3nnc(C)n3CC2C(=O)O)cc1. The highest BCUT2D eigenvalue weighted by molar-refractivity contribution is 5.85. The number of carboxylic acids is 1. The molecule has 1 aliphatic rings. The average molecular weight is 328 g/mol. The fraction of sp³-hybridized carbons (Fsp3) is 0.412. The number of benzene rings is 1. The van der Waals surface area contributed by atoms with Crippen molar-refractivity contribution >= 4 is 11.9 Å². The Morgan fingerprint density at radius 1 is 1.21 bits per heavy atom. The lowest BCUT2D eigenvalue weighted by Gasteiger charge is -2.33. The molecule has 0 fully saturated rings. The molecule has 7 heteroatoms. The molecule has 1 unspecified atom stereocenters. The molecule has 1 atom stereocenters. The number of carboxylic acid groups (broad SMARTS) is 1. The van der Waals surface area contributed by atoms with Crippen molar-refractivity contribution in [1.29, 1.82) is 0 Å². The van der Waals surface area contributed by atoms with E-state index in [1.807, 2.05) is 24.3 Å². The number of carbonyl (C=O) groups is 2. The van der Waals surface area contributed by atoms with Crippen LogP contribution in [0.25, 0.3) is 0 Å². The Labute approximate surface area is 139 Å². The molecule has 0 saturated carbocycles. The molecule has 1 aromatic heterocycles. The second-order valence-corrected chi connectivity index (χ2v) is 6.00. The molecule has 0 aliphatic carbocycles. The first kappa shape index (κ1) is 16.2. The standard InChI is InChI=1S/C17H20N4O3/c1-3-12-4-6-13(7-5-12)8-16(22)21-10-15-19-18-11(2)20(15)9-14(21)17(23)24/h4-7,14H,3,8-10H2,1-2H3,(H,23,24). The van der Waals surface area contributed by atoms with Crippen LogP contribution in [0.2, 0.25) is 0 Å². The number of hydrogen-bond acceptors (Lipinski definition) is 4. The smallest absolute Gasteiger partial charge is 0.328 e. The van der Waals surface area contributed by atoms with E-state index in [1.165, 1.54) is 10.5 Å². The van der Waals surface area contributed by atoms with Crippen molar-refractivity contribution in [3.8, 4) is 0 Å². The number of carbonyl (C=O) groups excluding carboxylic acids is 1. The maximum absolute atomic E-state index is 12.7. The summed E-state index contributed by atoms with van der Waals surface area (Å²) < 4.78 is 1.76. The summed E-state index contributed by atoms with van der Waals surface area (Å²) in [6, 6.07) is 6.93. The van der Waals surface area contributed by atoms with Crippen molar-refractivity contribution in [2.75, 3.05) is 0 Å². The molecule has 24 heavy (non-hydrogen) atoms. The van der Waals surface area contributed by atoms with Crippen LogP contribution in [0.1, 0.15) is 29.7 Å². The summed E-state index contributed by atoms with van der Waals surface area (Å²) in [4.78, 5) is 25.6. The van der Waals surface area contributed by atoms with Crippen molar-refractivity contribution in [1.82, 2.24) is 19.7 Å². The van der Waals surface area contributed by atoms with Gasteiger partial charge < -0.3 is 14.6 Å². The van der Waals surface area contributed by atoms with Gasteiger partial charge in [-0.15, -0.1) is 10.2 Å². The maximum Gasteiger partial charge on any atom is 0.328 e. The molecule has 1 amide bonds. The molecule has 7 nitrogen and oxygen atoms in total. The zero-order valence-electron chi connectivity index (χ0n) is 13.8. The molecule has 2 aromatic rings. The van der Waals surface area contributed by atoms with E-state index >= 15 is 0 Å². The maximum atomic E-state index is 12.7. The highest BCUT2D eigenvalue weighted by Gasteiger charge is 2.36. The van der Waals surface area contributed by atoms with E-state index in [0.29, 0.717) is 11.6 Å². The van der Waals surface area contributed by atoms with Gasteiger partial charge in [-0.25, -0.2) is 4.79 Å². The van der Waals surface area contributed by atoms with E-state index in [1.54, 1.807) is 11.5 Å². The van der Waals surface area contributed by atoms with Crippen molar-refractivity contribution in [3.63, 3.8) is 0 Å². The van der Waals surface area contributed by atoms with Crippen LogP contribution in [0.15, 0.2) is 24.3 Å². The molecule has 2 heterocycles. The van der Waals surface area contributed by atoms with Gasteiger partial charge in [-0.2, -0.15) is 0 Å². The van der Waals surface area contributed by atoms with E-state index in [4.69, 9.17) is 0 Å². The summed E-state index contributed by atoms with van der Waals surface area (Å²) >= 11 is 0. The summed E-state index contributed by atoms with van der Waals surface area (Å²) in [5.41, 5.74) is 2.08. The summed E-state index contributed by atoms with van der Waals surface area (Å²) in [7, 11) is 0. The third-order valence-corrected chi connectivity index (χ3v) is 4.45. The first-order valence-electron chi connectivity index (χ1n) is 7.98. The van der Waals surface area contributed by atoms with Gasteiger partial charge >= 0.3 is 5.97 Å². The number of nitrogens with zero attached hydrogens (tertiary/aromatic N) is 4. The van der Waals surface area contributed by atoms with Crippen LogP contribution in [0.4, 0.5) is 0 Å². The first-order valence-corrected chi connectivity index (χ1v) is 7.98. The van der Waals surface area contributed by atoms with Gasteiger partial charge in [0.1, 0.15) is 11.9 Å². The molecule has 0 bridgehead atoms. The predicted octanol–water partition coefficient (Wildman–Crippen LogP) is 1.19. The number of rotatable bonds is 4. The normalized spacial score (nSPS) is 16.8. The van der Waals surface area contributed by atoms with Crippen LogP contribution in [0.3, 0.4) is 0 Å². The van der Waals surface area contributed by atoms with E-state index in [9.17, 15) is 14.7 Å². The van der Waals surface area contributed by atoms with Gasteiger partial charge in [-0.3, -0.25) is 4.79 Å². The lowest BCUT2D eigenvalue weighted by atomic mass is 10.1. The van der Waals surface area contributed by atoms with Crippen LogP contribution >= 0.6 is 0 Å². The summed E-state index contributed by atoms with van der Waals surface area (Å²) in [5.74, 6) is 0.0696. The second-order valence-electron chi connectivity index (χ2n) is 6.00. The highest BCUT2D eigenvalue weighted by atomic mass is 16.4. The van der Waals surface area contributed by atoms with Gasteiger partial charge in [0.15, 0.2) is 5.82 Å². The molecule has 0 spiro atoms. The van der Waals surface area contributed by atoms with Crippen LogP contribution < -0.4 is 0 Å². The lowest BCUT2D eigenvalue weighted by Crippen LogP contribution is -2.51. The molecule has 0 saturated heterocycles. The van der Waals surface area contributed by atoms with Crippen molar-refractivity contribution in [3.05, 3.63) is 47.0 Å². The monoisotopic (exact) mass is 328 g/mol. The highest BCUT2D eigenvalue weighted by Crippen LogP contribution is 2.19. The van der Waals surface area contributed by atoms with Crippen molar-refractivity contribution in [2.24, 2.45) is 0 Å². The minimum atomic E-state index is -1.01. The molecule has 3 rings (SSSR count). The number of aryl methyl sites for hydroxylation is 2. The molecular formula is C17H20N4O3. The Bertz CT molecular complexity index is 767. The van der Waals surface area contributed by atoms with E-state index in [0.717, 1.165) is 12.0 Å². The average Bonchev–Trinajstić information content (AvgIpc) is 2.95. The van der Waals surface area contributed by atoms with Gasteiger partial charge in [0, 0.05) is 0 Å². The molecule has 0 radical (unpaired) electrons. The van der Waals surface area contributed by atoms with Crippen LogP contribution in [-0.4, -0.2) is 42.7 Å². The van der Waals surface area contributed by atoms with Gasteiger partial charge in [0.05, 0.1) is 19.5 Å². The summed E-state index contributed by atoms with van der Waals surface area (Å²) in [6.45, 7) is 4.21. The van der Waals surface area contributed by atoms with Crippen LogP contribution in [-0.2, 0) is 35.5 Å². The Balaban J connectivity index is 1.80. The fourth-order valence-corrected chi connectivity index (χ4v) is 2.96. The molecule has 126 valence electrons. The zero-order valence-corrected chi connectivity index (χ0v) is 13.8. The van der Waals surface area contributed by atoms with Crippen molar-refractivity contribution in [2.45, 2.75) is 45.8 Å².